The first-order chi connectivity index (χ1) is 13.3. The highest BCUT2D eigenvalue weighted by Gasteiger charge is 2.16. The number of nitrogens with one attached hydrogen (secondary N) is 1. The van der Waals surface area contributed by atoms with Gasteiger partial charge < -0.3 is 4.52 Å². The fourth-order valence-corrected chi connectivity index (χ4v) is 4.20. The van der Waals surface area contributed by atoms with E-state index in [0.717, 1.165) is 35.3 Å². The molecule has 27 heavy (non-hydrogen) atoms. The second kappa shape index (κ2) is 8.69. The first kappa shape index (κ1) is 18.2. The van der Waals surface area contributed by atoms with E-state index in [1.165, 1.54) is 49.4 Å². The highest BCUT2D eigenvalue weighted by atomic mass is 32.2. The van der Waals surface area contributed by atoms with Crippen molar-refractivity contribution in [1.82, 2.24) is 25.3 Å². The number of H-pyrrole nitrogens is 1. The fourth-order valence-electron chi connectivity index (χ4n) is 3.54. The van der Waals surface area contributed by atoms with E-state index in [1.807, 2.05) is 12.1 Å². The quantitative estimate of drug-likeness (QED) is 0.561. The van der Waals surface area contributed by atoms with Crippen molar-refractivity contribution in [3.05, 3.63) is 41.5 Å². The summed E-state index contributed by atoms with van der Waals surface area (Å²) in [6.45, 7) is 2.14. The SMILES string of the molecule is CCc1ccc(-c2noc(CSc3n[nH]c(CCC4CCCC4)n3)n2)cc1. The molecule has 2 heterocycles. The molecule has 0 atom stereocenters. The van der Waals surface area contributed by atoms with Crippen LogP contribution in [0.25, 0.3) is 11.4 Å². The number of aromatic nitrogens is 5. The summed E-state index contributed by atoms with van der Waals surface area (Å²) < 4.78 is 5.37. The highest BCUT2D eigenvalue weighted by Crippen LogP contribution is 2.28. The standard InChI is InChI=1S/C20H25N5OS/c1-2-14-7-10-16(11-8-14)19-22-18(26-25-19)13-27-20-21-17(23-24-20)12-9-15-5-3-4-6-15/h7-8,10-11,15H,2-6,9,12-13H2,1H3,(H,21,23,24). The molecule has 4 rings (SSSR count). The maximum absolute atomic E-state index is 5.37. The smallest absolute Gasteiger partial charge is 0.237 e. The predicted octanol–water partition coefficient (Wildman–Crippen LogP) is 4.83. The first-order valence-electron chi connectivity index (χ1n) is 9.76. The minimum absolute atomic E-state index is 0.569. The molecule has 6 nitrogen and oxygen atoms in total. The van der Waals surface area contributed by atoms with E-state index in [4.69, 9.17) is 4.52 Å². The molecule has 7 heteroatoms. The number of hydrogen-bond acceptors (Lipinski definition) is 6. The van der Waals surface area contributed by atoms with Crippen LogP contribution in [0.5, 0.6) is 0 Å². The molecule has 0 aliphatic heterocycles. The van der Waals surface area contributed by atoms with Gasteiger partial charge in [-0.05, 0) is 24.3 Å². The fraction of sp³-hybridized carbons (Fsp3) is 0.500. The van der Waals surface area contributed by atoms with Crippen LogP contribution in [0.4, 0.5) is 0 Å². The molecule has 142 valence electrons. The van der Waals surface area contributed by atoms with Gasteiger partial charge in [0.15, 0.2) is 0 Å². The van der Waals surface area contributed by atoms with Crippen molar-refractivity contribution in [2.75, 3.05) is 0 Å². The number of nitrogens with zero attached hydrogens (tertiary/aromatic N) is 4. The molecule has 0 saturated heterocycles. The molecule has 1 aliphatic carbocycles. The molecule has 0 radical (unpaired) electrons. The number of rotatable bonds is 8. The Kier molecular flexibility index (Phi) is 5.87. The Balaban J connectivity index is 1.29. The average molecular weight is 384 g/mol. The van der Waals surface area contributed by atoms with Crippen LogP contribution in [0.2, 0.25) is 0 Å². The lowest BCUT2D eigenvalue weighted by Gasteiger charge is -2.05. The van der Waals surface area contributed by atoms with Crippen molar-refractivity contribution in [3.8, 4) is 11.4 Å². The Morgan fingerprint density at radius 3 is 2.74 bits per heavy atom. The lowest BCUT2D eigenvalue weighted by Crippen LogP contribution is -1.97. The topological polar surface area (TPSA) is 80.5 Å². The second-order valence-electron chi connectivity index (χ2n) is 7.10. The molecule has 0 spiro atoms. The maximum Gasteiger partial charge on any atom is 0.237 e. The van der Waals surface area contributed by atoms with Crippen LogP contribution in [-0.4, -0.2) is 25.3 Å². The van der Waals surface area contributed by atoms with Crippen LogP contribution in [0.15, 0.2) is 33.9 Å². The van der Waals surface area contributed by atoms with Gasteiger partial charge in [0.2, 0.25) is 16.9 Å². The van der Waals surface area contributed by atoms with Gasteiger partial charge in [-0.3, -0.25) is 5.10 Å². The molecule has 1 N–H and O–H groups in total. The summed E-state index contributed by atoms with van der Waals surface area (Å²) >= 11 is 1.52. The zero-order valence-electron chi connectivity index (χ0n) is 15.6. The molecule has 1 fully saturated rings. The maximum atomic E-state index is 5.37. The van der Waals surface area contributed by atoms with Gasteiger partial charge in [0.25, 0.3) is 0 Å². The molecular formula is C20H25N5OS. The number of hydrogen-bond donors (Lipinski definition) is 1. The third kappa shape index (κ3) is 4.77. The molecule has 2 aromatic heterocycles. The molecule has 3 aromatic rings. The molecule has 0 amide bonds. The molecule has 0 unspecified atom stereocenters. The average Bonchev–Trinajstić information content (AvgIpc) is 3.47. The molecular weight excluding hydrogens is 358 g/mol. The number of thioether (sulfide) groups is 1. The van der Waals surface area contributed by atoms with Crippen molar-refractivity contribution in [2.24, 2.45) is 5.92 Å². The van der Waals surface area contributed by atoms with E-state index in [-0.39, 0.29) is 0 Å². The number of benzene rings is 1. The number of aromatic amines is 1. The highest BCUT2D eigenvalue weighted by molar-refractivity contribution is 7.98. The van der Waals surface area contributed by atoms with Crippen LogP contribution in [0.1, 0.15) is 56.3 Å². The zero-order chi connectivity index (χ0) is 18.5. The van der Waals surface area contributed by atoms with E-state index in [9.17, 15) is 0 Å². The van der Waals surface area contributed by atoms with E-state index in [1.54, 1.807) is 0 Å². The summed E-state index contributed by atoms with van der Waals surface area (Å²) in [5.74, 6) is 3.63. The van der Waals surface area contributed by atoms with Crippen LogP contribution in [0, 0.1) is 5.92 Å². The third-order valence-corrected chi connectivity index (χ3v) is 6.02. The minimum atomic E-state index is 0.569. The summed E-state index contributed by atoms with van der Waals surface area (Å²) in [4.78, 5) is 9.06. The number of aryl methyl sites for hydroxylation is 2. The predicted molar refractivity (Wildman–Crippen MR) is 105 cm³/mol. The summed E-state index contributed by atoms with van der Waals surface area (Å²) in [6, 6.07) is 8.26. The molecule has 1 saturated carbocycles. The van der Waals surface area contributed by atoms with Crippen LogP contribution >= 0.6 is 11.8 Å². The Morgan fingerprint density at radius 2 is 1.96 bits per heavy atom. The lowest BCUT2D eigenvalue weighted by atomic mass is 10.0. The summed E-state index contributed by atoms with van der Waals surface area (Å²) in [6.07, 6.45) is 8.73. The first-order valence-corrected chi connectivity index (χ1v) is 10.7. The summed E-state index contributed by atoms with van der Waals surface area (Å²) in [5, 5.41) is 12.2. The van der Waals surface area contributed by atoms with Crippen LogP contribution in [-0.2, 0) is 18.6 Å². The van der Waals surface area contributed by atoms with Gasteiger partial charge in [0.05, 0.1) is 5.75 Å². The van der Waals surface area contributed by atoms with Crippen molar-refractivity contribution < 1.29 is 4.52 Å². The van der Waals surface area contributed by atoms with E-state index in [2.05, 4.69) is 44.4 Å². The lowest BCUT2D eigenvalue weighted by molar-refractivity contribution is 0.391. The Hall–Kier alpha value is -2.15. The molecule has 0 bridgehead atoms. The van der Waals surface area contributed by atoms with Crippen molar-refractivity contribution in [1.29, 1.82) is 0 Å². The normalized spacial score (nSPS) is 14.9. The minimum Gasteiger partial charge on any atom is -0.338 e. The van der Waals surface area contributed by atoms with E-state index in [0.29, 0.717) is 17.5 Å². The van der Waals surface area contributed by atoms with Gasteiger partial charge in [0.1, 0.15) is 5.82 Å². The van der Waals surface area contributed by atoms with Crippen LogP contribution in [0.3, 0.4) is 0 Å². The molecule has 1 aliphatic rings. The monoisotopic (exact) mass is 383 g/mol. The Morgan fingerprint density at radius 1 is 1.15 bits per heavy atom. The Bertz CT molecular complexity index is 851. The van der Waals surface area contributed by atoms with Crippen molar-refractivity contribution in [2.45, 2.75) is 62.8 Å². The summed E-state index contributed by atoms with van der Waals surface area (Å²) in [7, 11) is 0. The van der Waals surface area contributed by atoms with Gasteiger partial charge in [-0.15, -0.1) is 5.10 Å². The van der Waals surface area contributed by atoms with E-state index < -0.39 is 0 Å². The Labute approximate surface area is 163 Å². The largest absolute Gasteiger partial charge is 0.338 e. The van der Waals surface area contributed by atoms with Crippen LogP contribution < -0.4 is 0 Å². The van der Waals surface area contributed by atoms with Gasteiger partial charge in [-0.25, -0.2) is 4.98 Å². The van der Waals surface area contributed by atoms with Crippen molar-refractivity contribution in [3.63, 3.8) is 0 Å². The second-order valence-corrected chi connectivity index (χ2v) is 8.05. The van der Waals surface area contributed by atoms with Gasteiger partial charge in [0, 0.05) is 12.0 Å². The van der Waals surface area contributed by atoms with Gasteiger partial charge in [-0.2, -0.15) is 4.98 Å². The van der Waals surface area contributed by atoms with E-state index >= 15 is 0 Å². The van der Waals surface area contributed by atoms with Gasteiger partial charge in [-0.1, -0.05) is 73.8 Å². The molecule has 1 aromatic carbocycles. The zero-order valence-corrected chi connectivity index (χ0v) is 16.5. The van der Waals surface area contributed by atoms with Crippen molar-refractivity contribution >= 4 is 11.8 Å². The summed E-state index contributed by atoms with van der Waals surface area (Å²) in [5.41, 5.74) is 2.27. The van der Waals surface area contributed by atoms with Gasteiger partial charge >= 0.3 is 0 Å². The third-order valence-electron chi connectivity index (χ3n) is 5.19.